The summed E-state index contributed by atoms with van der Waals surface area (Å²) < 4.78 is 5.37. The fraction of sp³-hybridized carbons (Fsp3) is 0.500. The number of rotatable bonds is 3. The van der Waals surface area contributed by atoms with Crippen LogP contribution in [-0.4, -0.2) is 58.1 Å². The summed E-state index contributed by atoms with van der Waals surface area (Å²) in [7, 11) is 2.16. The lowest BCUT2D eigenvalue weighted by Crippen LogP contribution is -2.47. The number of amides is 1. The first kappa shape index (κ1) is 15.3. The molecule has 2 aliphatic heterocycles. The Morgan fingerprint density at radius 3 is 2.83 bits per heavy atom. The second-order valence-corrected chi connectivity index (χ2v) is 6.72. The summed E-state index contributed by atoms with van der Waals surface area (Å²) in [5.41, 5.74) is 1.22. The van der Waals surface area contributed by atoms with E-state index in [-0.39, 0.29) is 5.91 Å². The van der Waals surface area contributed by atoms with Crippen molar-refractivity contribution in [2.45, 2.75) is 37.8 Å². The maximum atomic E-state index is 12.9. The summed E-state index contributed by atoms with van der Waals surface area (Å²) in [6.07, 6.45) is 7.95. The summed E-state index contributed by atoms with van der Waals surface area (Å²) in [4.78, 5) is 21.4. The smallest absolute Gasteiger partial charge is 0.276 e. The van der Waals surface area contributed by atoms with Crippen molar-refractivity contribution in [3.63, 3.8) is 0 Å². The molecule has 0 unspecified atom stereocenters. The van der Waals surface area contributed by atoms with Crippen LogP contribution in [0.5, 0.6) is 0 Å². The van der Waals surface area contributed by atoms with Gasteiger partial charge in [-0.15, -0.1) is 0 Å². The number of hydrogen-bond acceptors (Lipinski definition) is 5. The molecule has 24 heavy (non-hydrogen) atoms. The summed E-state index contributed by atoms with van der Waals surface area (Å²) >= 11 is 0. The van der Waals surface area contributed by atoms with Gasteiger partial charge >= 0.3 is 0 Å². The topological polar surface area (TPSA) is 62.5 Å². The quantitative estimate of drug-likeness (QED) is 0.867. The number of nitrogens with zero attached hydrogens (tertiary/aromatic N) is 4. The molecule has 126 valence electrons. The van der Waals surface area contributed by atoms with Gasteiger partial charge in [0.2, 0.25) is 0 Å². The van der Waals surface area contributed by atoms with E-state index in [1.54, 1.807) is 18.5 Å². The fourth-order valence-electron chi connectivity index (χ4n) is 4.03. The molecule has 0 spiro atoms. The maximum Gasteiger partial charge on any atom is 0.276 e. The number of likely N-dealkylation sites (N-methyl/N-ethyl adjacent to an activating group) is 1. The largest absolute Gasteiger partial charge is 0.355 e. The van der Waals surface area contributed by atoms with E-state index in [9.17, 15) is 4.79 Å². The van der Waals surface area contributed by atoms with Gasteiger partial charge in [-0.25, -0.2) is 0 Å². The van der Waals surface area contributed by atoms with E-state index in [2.05, 4.69) is 22.1 Å². The fourth-order valence-corrected chi connectivity index (χ4v) is 4.03. The molecule has 2 aromatic heterocycles. The van der Waals surface area contributed by atoms with Gasteiger partial charge in [0.15, 0.2) is 11.5 Å². The van der Waals surface area contributed by atoms with Crippen molar-refractivity contribution in [3.8, 4) is 11.3 Å². The Balaban J connectivity index is 1.54. The molecule has 6 heteroatoms. The molecule has 0 N–H and O–H groups in total. The average Bonchev–Trinajstić information content (AvgIpc) is 3.35. The molecule has 0 saturated carbocycles. The van der Waals surface area contributed by atoms with Crippen molar-refractivity contribution in [1.82, 2.24) is 19.9 Å². The van der Waals surface area contributed by atoms with Crippen LogP contribution in [0.1, 0.15) is 36.2 Å². The molecule has 2 aromatic rings. The summed E-state index contributed by atoms with van der Waals surface area (Å²) in [6, 6.07) is 6.23. The minimum atomic E-state index is -0.0170. The lowest BCUT2D eigenvalue weighted by molar-refractivity contribution is 0.0654. The van der Waals surface area contributed by atoms with Gasteiger partial charge in [-0.2, -0.15) is 0 Å². The molecule has 0 aliphatic carbocycles. The molecular formula is C18H22N4O2. The number of hydrogen-bond donors (Lipinski definition) is 0. The molecule has 2 aliphatic rings. The van der Waals surface area contributed by atoms with Crippen molar-refractivity contribution in [1.29, 1.82) is 0 Å². The molecule has 2 saturated heterocycles. The molecule has 4 rings (SSSR count). The molecule has 0 aromatic carbocycles. The monoisotopic (exact) mass is 326 g/mol. The van der Waals surface area contributed by atoms with Crippen LogP contribution in [0.3, 0.4) is 0 Å². The van der Waals surface area contributed by atoms with Gasteiger partial charge in [-0.05, 0) is 51.4 Å². The van der Waals surface area contributed by atoms with Crippen LogP contribution in [0.15, 0.2) is 35.1 Å². The number of carbonyl (C=O) groups excluding carboxylic acids is 1. The van der Waals surface area contributed by atoms with E-state index in [0.717, 1.165) is 31.5 Å². The molecule has 4 heterocycles. The van der Waals surface area contributed by atoms with E-state index < -0.39 is 0 Å². The standard InChI is InChI=1S/C18H22N4O2/c1-21-9-3-6-15(21)16-7-4-10-22(16)18(23)14-11-17(24-20-14)13-5-2-8-19-12-13/h2,5,8,11-12,15-16H,3-4,6-7,9-10H2,1H3/t15-,16+/m0/s1. The zero-order valence-electron chi connectivity index (χ0n) is 13.9. The van der Waals surface area contributed by atoms with E-state index in [0.29, 0.717) is 23.5 Å². The summed E-state index contributed by atoms with van der Waals surface area (Å²) in [5, 5.41) is 4.01. The SMILES string of the molecule is CN1CCC[C@H]1[C@H]1CCCN1C(=O)c1cc(-c2cccnc2)on1. The van der Waals surface area contributed by atoms with Crippen molar-refractivity contribution >= 4 is 5.91 Å². The zero-order chi connectivity index (χ0) is 16.5. The van der Waals surface area contributed by atoms with Crippen molar-refractivity contribution < 1.29 is 9.32 Å². The van der Waals surface area contributed by atoms with Crippen LogP contribution in [0.4, 0.5) is 0 Å². The van der Waals surface area contributed by atoms with Crippen molar-refractivity contribution in [3.05, 3.63) is 36.3 Å². The highest BCUT2D eigenvalue weighted by Gasteiger charge is 2.39. The Kier molecular flexibility index (Phi) is 4.06. The number of likely N-dealkylation sites (tertiary alicyclic amines) is 2. The van der Waals surface area contributed by atoms with E-state index in [4.69, 9.17) is 4.52 Å². The Morgan fingerprint density at radius 2 is 2.08 bits per heavy atom. The first-order valence-corrected chi connectivity index (χ1v) is 8.62. The predicted octanol–water partition coefficient (Wildman–Crippen LogP) is 2.44. The Morgan fingerprint density at radius 1 is 1.25 bits per heavy atom. The van der Waals surface area contributed by atoms with Gasteiger partial charge in [-0.3, -0.25) is 9.78 Å². The average molecular weight is 326 g/mol. The number of aromatic nitrogens is 2. The minimum Gasteiger partial charge on any atom is -0.355 e. The van der Waals surface area contributed by atoms with Gasteiger partial charge < -0.3 is 14.3 Å². The number of carbonyl (C=O) groups is 1. The predicted molar refractivity (Wildman–Crippen MR) is 89.4 cm³/mol. The van der Waals surface area contributed by atoms with Crippen LogP contribution in [0.25, 0.3) is 11.3 Å². The minimum absolute atomic E-state index is 0.0170. The molecule has 2 atom stereocenters. The Bertz CT molecular complexity index is 715. The van der Waals surface area contributed by atoms with Gasteiger partial charge in [0.05, 0.1) is 0 Å². The van der Waals surface area contributed by atoms with Gasteiger partial charge in [-0.1, -0.05) is 5.16 Å². The lowest BCUT2D eigenvalue weighted by Gasteiger charge is -2.32. The van der Waals surface area contributed by atoms with Gasteiger partial charge in [0.1, 0.15) is 0 Å². The van der Waals surface area contributed by atoms with E-state index in [1.807, 2.05) is 17.0 Å². The molecule has 0 radical (unpaired) electrons. The molecule has 2 fully saturated rings. The lowest BCUT2D eigenvalue weighted by atomic mass is 10.0. The van der Waals surface area contributed by atoms with Gasteiger partial charge in [0.25, 0.3) is 5.91 Å². The molecule has 1 amide bonds. The highest BCUT2D eigenvalue weighted by Crippen LogP contribution is 2.30. The summed E-state index contributed by atoms with van der Waals surface area (Å²) in [6.45, 7) is 1.93. The van der Waals surface area contributed by atoms with Crippen molar-refractivity contribution in [2.75, 3.05) is 20.1 Å². The second-order valence-electron chi connectivity index (χ2n) is 6.72. The van der Waals surface area contributed by atoms with Crippen molar-refractivity contribution in [2.24, 2.45) is 0 Å². The maximum absolute atomic E-state index is 12.9. The first-order chi connectivity index (χ1) is 11.7. The third kappa shape index (κ3) is 2.71. The third-order valence-electron chi connectivity index (χ3n) is 5.26. The first-order valence-electron chi connectivity index (χ1n) is 8.62. The van der Waals surface area contributed by atoms with E-state index >= 15 is 0 Å². The highest BCUT2D eigenvalue weighted by atomic mass is 16.5. The second kappa shape index (κ2) is 6.36. The Hall–Kier alpha value is -2.21. The highest BCUT2D eigenvalue weighted by molar-refractivity contribution is 5.93. The summed E-state index contributed by atoms with van der Waals surface area (Å²) in [5.74, 6) is 0.567. The van der Waals surface area contributed by atoms with Crippen LogP contribution < -0.4 is 0 Å². The van der Waals surface area contributed by atoms with Crippen LogP contribution >= 0.6 is 0 Å². The van der Waals surface area contributed by atoms with E-state index in [1.165, 1.54) is 12.8 Å². The van der Waals surface area contributed by atoms with Crippen LogP contribution in [0, 0.1) is 0 Å². The normalized spacial score (nSPS) is 24.6. The number of pyridine rings is 1. The molecule has 0 bridgehead atoms. The molecule has 6 nitrogen and oxygen atoms in total. The van der Waals surface area contributed by atoms with Crippen LogP contribution in [0.2, 0.25) is 0 Å². The van der Waals surface area contributed by atoms with Crippen LogP contribution in [-0.2, 0) is 0 Å². The van der Waals surface area contributed by atoms with Gasteiger partial charge in [0, 0.05) is 42.7 Å². The third-order valence-corrected chi connectivity index (χ3v) is 5.26. The Labute approximate surface area is 141 Å². The zero-order valence-corrected chi connectivity index (χ0v) is 13.9. The molecular weight excluding hydrogens is 304 g/mol.